The summed E-state index contributed by atoms with van der Waals surface area (Å²) in [5.74, 6) is 2.51. The van der Waals surface area contributed by atoms with Crippen molar-refractivity contribution >= 4 is 23.2 Å². The van der Waals surface area contributed by atoms with E-state index in [1.807, 2.05) is 35.8 Å². The van der Waals surface area contributed by atoms with Crippen LogP contribution in [0.4, 0.5) is 11.6 Å². The summed E-state index contributed by atoms with van der Waals surface area (Å²) in [5.41, 5.74) is 9.56. The number of hydrogen-bond donors (Lipinski definition) is 1. The number of carbonyl (C=O) groups excluding carboxylic acids is 1. The molecule has 9 heteroatoms. The molecular weight excluding hydrogens is 466 g/mol. The minimum absolute atomic E-state index is 0.0545. The van der Waals surface area contributed by atoms with Crippen molar-refractivity contribution in [1.82, 2.24) is 19.5 Å². The fraction of sp³-hybridized carbons (Fsp3) is 0.536. The number of aryl methyl sites for hydroxylation is 1. The first-order valence-electron chi connectivity index (χ1n) is 13.5. The molecule has 2 aliphatic rings. The Kier molecular flexibility index (Phi) is 7.24. The molecule has 5 rings (SSSR count). The third-order valence-corrected chi connectivity index (χ3v) is 7.70. The predicted molar refractivity (Wildman–Crippen MR) is 147 cm³/mol. The Bertz CT molecular complexity index is 1270. The van der Waals surface area contributed by atoms with Gasteiger partial charge in [0.1, 0.15) is 17.4 Å². The van der Waals surface area contributed by atoms with E-state index in [9.17, 15) is 4.79 Å². The van der Waals surface area contributed by atoms with Gasteiger partial charge in [0, 0.05) is 51.9 Å². The second-order valence-electron chi connectivity index (χ2n) is 10.3. The molecule has 37 heavy (non-hydrogen) atoms. The highest BCUT2D eigenvalue weighted by atomic mass is 16.5. The van der Waals surface area contributed by atoms with E-state index in [0.29, 0.717) is 17.9 Å². The van der Waals surface area contributed by atoms with Crippen molar-refractivity contribution in [2.75, 3.05) is 50.1 Å². The zero-order valence-electron chi connectivity index (χ0n) is 22.5. The maximum absolute atomic E-state index is 13.8. The van der Waals surface area contributed by atoms with E-state index < -0.39 is 0 Å². The lowest BCUT2D eigenvalue weighted by atomic mass is 10.0. The van der Waals surface area contributed by atoms with Gasteiger partial charge >= 0.3 is 0 Å². The summed E-state index contributed by atoms with van der Waals surface area (Å²) in [7, 11) is 3.96. The average molecular weight is 506 g/mol. The monoisotopic (exact) mass is 505 g/mol. The summed E-state index contributed by atoms with van der Waals surface area (Å²) in [6.07, 6.45) is 4.39. The van der Waals surface area contributed by atoms with Gasteiger partial charge in [-0.15, -0.1) is 0 Å². The Balaban J connectivity index is 1.60. The Morgan fingerprint density at radius 2 is 1.95 bits per heavy atom. The molecule has 2 bridgehead atoms. The summed E-state index contributed by atoms with van der Waals surface area (Å²) in [4.78, 5) is 25.1. The van der Waals surface area contributed by atoms with E-state index in [1.165, 1.54) is 0 Å². The number of nitrogens with zero attached hydrogens (tertiary/aromatic N) is 6. The van der Waals surface area contributed by atoms with Gasteiger partial charge < -0.3 is 25.2 Å². The van der Waals surface area contributed by atoms with Gasteiger partial charge in [-0.2, -0.15) is 9.61 Å². The van der Waals surface area contributed by atoms with Crippen LogP contribution in [0, 0.1) is 0 Å². The third-order valence-electron chi connectivity index (χ3n) is 7.70. The van der Waals surface area contributed by atoms with Crippen LogP contribution in [0.25, 0.3) is 5.65 Å². The van der Waals surface area contributed by atoms with E-state index >= 15 is 0 Å². The van der Waals surface area contributed by atoms with Gasteiger partial charge in [-0.25, -0.2) is 4.98 Å². The molecule has 4 heterocycles. The van der Waals surface area contributed by atoms with Crippen molar-refractivity contribution in [1.29, 1.82) is 0 Å². The maximum atomic E-state index is 13.8. The first-order valence-corrected chi connectivity index (χ1v) is 13.5. The SMILES string of the molecule is CCc1ccc2c(c1)C(=O)N(C)[C@@H](CC)c1cc3nc(N4CCC(N)C4)cc(n3n1)N(C)CCCCO2. The van der Waals surface area contributed by atoms with Crippen molar-refractivity contribution < 1.29 is 9.53 Å². The van der Waals surface area contributed by atoms with E-state index in [0.717, 1.165) is 80.3 Å². The number of hydrogen-bond acceptors (Lipinski definition) is 7. The van der Waals surface area contributed by atoms with Crippen molar-refractivity contribution in [3.63, 3.8) is 0 Å². The Hall–Kier alpha value is -3.33. The number of fused-ring (bicyclic) bond motifs is 2. The summed E-state index contributed by atoms with van der Waals surface area (Å²) < 4.78 is 8.08. The lowest BCUT2D eigenvalue weighted by Gasteiger charge is -2.27. The molecule has 0 spiro atoms. The van der Waals surface area contributed by atoms with Crippen molar-refractivity contribution in [3.05, 3.63) is 47.2 Å². The Labute approximate surface area is 219 Å². The number of benzene rings is 1. The van der Waals surface area contributed by atoms with Gasteiger partial charge in [-0.3, -0.25) is 4.79 Å². The topological polar surface area (TPSA) is 92.2 Å². The quantitative estimate of drug-likeness (QED) is 0.581. The minimum Gasteiger partial charge on any atom is -0.493 e. The molecule has 2 aliphatic heterocycles. The van der Waals surface area contributed by atoms with Crippen LogP contribution in [-0.2, 0) is 6.42 Å². The highest BCUT2D eigenvalue weighted by Crippen LogP contribution is 2.31. The molecule has 0 saturated carbocycles. The minimum atomic E-state index is -0.195. The van der Waals surface area contributed by atoms with Gasteiger partial charge in [0.05, 0.1) is 23.9 Å². The van der Waals surface area contributed by atoms with Crippen LogP contribution in [0.15, 0.2) is 30.3 Å². The predicted octanol–water partition coefficient (Wildman–Crippen LogP) is 3.66. The standard InChI is InChI=1S/C28H39N7O2/c1-5-19-9-10-24-21(15-19)28(36)33(4)23(6-2)22-16-26-30-25(34-13-11-20(29)18-34)17-27(35(26)31-22)32(3)12-7-8-14-37-24/h9-10,15-17,20,23H,5-8,11-14,18,29H2,1-4H3/t20?,23-/m0/s1. The number of aromatic nitrogens is 3. The highest BCUT2D eigenvalue weighted by Gasteiger charge is 2.28. The van der Waals surface area contributed by atoms with E-state index in [4.69, 9.17) is 20.6 Å². The number of ether oxygens (including phenoxy) is 1. The molecule has 3 aromatic rings. The van der Waals surface area contributed by atoms with Crippen LogP contribution in [0.2, 0.25) is 0 Å². The average Bonchev–Trinajstić information content (AvgIpc) is 3.53. The number of carbonyl (C=O) groups is 1. The summed E-state index contributed by atoms with van der Waals surface area (Å²) >= 11 is 0. The summed E-state index contributed by atoms with van der Waals surface area (Å²) in [5, 5.41) is 5.01. The molecule has 9 nitrogen and oxygen atoms in total. The van der Waals surface area contributed by atoms with E-state index in [1.54, 1.807) is 4.90 Å². The van der Waals surface area contributed by atoms with Crippen LogP contribution in [-0.4, -0.2) is 71.8 Å². The number of nitrogens with two attached hydrogens (primary N) is 1. The zero-order chi connectivity index (χ0) is 26.1. The molecule has 2 atom stereocenters. The summed E-state index contributed by atoms with van der Waals surface area (Å²) in [6.45, 7) is 7.31. The first kappa shape index (κ1) is 25.3. The number of anilines is 2. The molecule has 2 aromatic heterocycles. The lowest BCUT2D eigenvalue weighted by Crippen LogP contribution is -2.31. The normalized spacial score (nSPS) is 21.2. The number of rotatable bonds is 3. The van der Waals surface area contributed by atoms with Gasteiger partial charge in [-0.05, 0) is 49.8 Å². The smallest absolute Gasteiger partial charge is 0.257 e. The van der Waals surface area contributed by atoms with Gasteiger partial charge in [0.2, 0.25) is 0 Å². The van der Waals surface area contributed by atoms with Gasteiger partial charge in [0.25, 0.3) is 5.91 Å². The van der Waals surface area contributed by atoms with Gasteiger partial charge in [-0.1, -0.05) is 19.9 Å². The molecule has 1 aromatic carbocycles. The van der Waals surface area contributed by atoms with Crippen molar-refractivity contribution in [2.45, 2.75) is 58.0 Å². The Morgan fingerprint density at radius 1 is 1.11 bits per heavy atom. The van der Waals surface area contributed by atoms with E-state index in [2.05, 4.69) is 36.8 Å². The van der Waals surface area contributed by atoms with Crippen LogP contribution >= 0.6 is 0 Å². The summed E-state index contributed by atoms with van der Waals surface area (Å²) in [6, 6.07) is 10.1. The second-order valence-corrected chi connectivity index (χ2v) is 10.3. The lowest BCUT2D eigenvalue weighted by molar-refractivity contribution is 0.0718. The van der Waals surface area contributed by atoms with E-state index in [-0.39, 0.29) is 18.0 Å². The zero-order valence-corrected chi connectivity index (χ0v) is 22.5. The highest BCUT2D eigenvalue weighted by molar-refractivity contribution is 5.97. The second kappa shape index (κ2) is 10.6. The number of amides is 1. The maximum Gasteiger partial charge on any atom is 0.257 e. The van der Waals surface area contributed by atoms with Gasteiger partial charge in [0.15, 0.2) is 5.65 Å². The fourth-order valence-corrected chi connectivity index (χ4v) is 5.41. The molecule has 0 aliphatic carbocycles. The fourth-order valence-electron chi connectivity index (χ4n) is 5.41. The molecular formula is C28H39N7O2. The molecule has 198 valence electrons. The first-order chi connectivity index (χ1) is 17.9. The molecule has 2 N–H and O–H groups in total. The van der Waals surface area contributed by atoms with Crippen LogP contribution < -0.4 is 20.3 Å². The molecule has 0 radical (unpaired) electrons. The van der Waals surface area contributed by atoms with Crippen LogP contribution in [0.3, 0.4) is 0 Å². The molecule has 1 saturated heterocycles. The Morgan fingerprint density at radius 3 is 2.68 bits per heavy atom. The molecule has 1 fully saturated rings. The van der Waals surface area contributed by atoms with Crippen LogP contribution in [0.1, 0.15) is 67.2 Å². The third kappa shape index (κ3) is 4.97. The van der Waals surface area contributed by atoms with Crippen molar-refractivity contribution in [3.8, 4) is 5.75 Å². The largest absolute Gasteiger partial charge is 0.493 e. The molecule has 1 unspecified atom stereocenters. The molecule has 1 amide bonds. The van der Waals surface area contributed by atoms with Crippen LogP contribution in [0.5, 0.6) is 5.75 Å². The van der Waals surface area contributed by atoms with Crippen molar-refractivity contribution in [2.24, 2.45) is 5.73 Å².